The number of ketones is 2. The fraction of sp³-hybridized carbons (Fsp3) is 0.222. The van der Waals surface area contributed by atoms with Crippen LogP contribution in [-0.4, -0.2) is 46.4 Å². The second-order valence-corrected chi connectivity index (χ2v) is 14.9. The van der Waals surface area contributed by atoms with Gasteiger partial charge in [-0.05, 0) is 95.7 Å². The molecule has 0 radical (unpaired) electrons. The van der Waals surface area contributed by atoms with E-state index in [1.165, 1.54) is 13.8 Å². The Morgan fingerprint density at radius 2 is 1.29 bits per heavy atom. The molecule has 0 spiro atoms. The quantitative estimate of drug-likeness (QED) is 0.0516. The highest BCUT2D eigenvalue weighted by molar-refractivity contribution is 8.03. The van der Waals surface area contributed by atoms with Crippen LogP contribution >= 0.6 is 58.5 Å². The van der Waals surface area contributed by atoms with E-state index in [2.05, 4.69) is 10.3 Å². The van der Waals surface area contributed by atoms with Crippen molar-refractivity contribution in [3.05, 3.63) is 111 Å². The van der Waals surface area contributed by atoms with Crippen LogP contribution in [0.15, 0.2) is 115 Å². The molecule has 0 saturated heterocycles. The van der Waals surface area contributed by atoms with Gasteiger partial charge >= 0.3 is 11.9 Å². The van der Waals surface area contributed by atoms with Gasteiger partial charge in [0.15, 0.2) is 0 Å². The summed E-state index contributed by atoms with van der Waals surface area (Å²) in [6, 6.07) is 22.0. The normalized spacial score (nSPS) is 13.3. The number of thioether (sulfide) groups is 3. The minimum atomic E-state index is -0.595. The van der Waals surface area contributed by atoms with Gasteiger partial charge in [0, 0.05) is 67.6 Å². The molecule has 0 saturated carbocycles. The molecule has 1 N–H and O–H groups in total. The summed E-state index contributed by atoms with van der Waals surface area (Å²) in [5.74, 6) is -0.517. The molecule has 13 heteroatoms. The van der Waals surface area contributed by atoms with E-state index >= 15 is 0 Å². The van der Waals surface area contributed by atoms with Crippen molar-refractivity contribution < 1.29 is 34.0 Å². The molecule has 0 amide bonds. The Labute approximate surface area is 307 Å². The lowest BCUT2D eigenvalue weighted by atomic mass is 9.97. The summed E-state index contributed by atoms with van der Waals surface area (Å²) < 4.78 is 0. The van der Waals surface area contributed by atoms with Crippen LogP contribution in [0, 0.1) is 0 Å². The zero-order valence-electron chi connectivity index (χ0n) is 26.7. The summed E-state index contributed by atoms with van der Waals surface area (Å²) in [6.45, 7) is 2.50. The highest BCUT2D eigenvalue weighted by atomic mass is 35.5. The van der Waals surface area contributed by atoms with E-state index in [0.29, 0.717) is 58.4 Å². The number of nitrogens with zero attached hydrogens (tertiary/aromatic N) is 1. The Kier molecular flexibility index (Phi) is 15.2. The third kappa shape index (κ3) is 13.0. The lowest BCUT2D eigenvalue weighted by Gasteiger charge is -2.14. The fourth-order valence-corrected chi connectivity index (χ4v) is 7.24. The van der Waals surface area contributed by atoms with Crippen molar-refractivity contribution in [2.75, 3.05) is 11.5 Å². The first-order chi connectivity index (χ1) is 23.6. The Morgan fingerprint density at radius 3 is 1.82 bits per heavy atom. The van der Waals surface area contributed by atoms with Crippen LogP contribution in [0.5, 0.6) is 0 Å². The van der Waals surface area contributed by atoms with Gasteiger partial charge in [-0.3, -0.25) is 9.59 Å². The molecule has 3 aromatic rings. The Bertz CT molecular complexity index is 1790. The molecule has 0 heterocycles. The summed E-state index contributed by atoms with van der Waals surface area (Å²) in [4.78, 5) is 63.2. The Hall–Kier alpha value is -3.61. The monoisotopic (exact) mass is 755 g/mol. The van der Waals surface area contributed by atoms with E-state index in [4.69, 9.17) is 32.9 Å². The number of nitrogens with one attached hydrogen (secondary N) is 1. The van der Waals surface area contributed by atoms with E-state index in [9.17, 15) is 19.2 Å². The van der Waals surface area contributed by atoms with E-state index in [1.54, 1.807) is 77.8 Å². The highest BCUT2D eigenvalue weighted by Gasteiger charge is 2.23. The Morgan fingerprint density at radius 1 is 0.714 bits per heavy atom. The van der Waals surface area contributed by atoms with Crippen molar-refractivity contribution in [3.8, 4) is 0 Å². The van der Waals surface area contributed by atoms with Gasteiger partial charge in [0.05, 0.1) is 6.42 Å². The average molecular weight is 757 g/mol. The number of Topliss-reactive ketones (excluding diaryl/α,β-unsaturated/α-hetero) is 2. The molecule has 0 bridgehead atoms. The predicted octanol–water partition coefficient (Wildman–Crippen LogP) is 7.73. The molecule has 4 rings (SSSR count). The van der Waals surface area contributed by atoms with Gasteiger partial charge in [-0.1, -0.05) is 52.3 Å². The first kappa shape index (κ1) is 38.2. The predicted molar refractivity (Wildman–Crippen MR) is 198 cm³/mol. The standard InChI is InChI=1S/C36H32Cl2N2O6S3/c1-23(41)45-39-33(19-21-47-29-15-7-27(37)8-16-29)35(43)25-3-11-31(12-4-25)49-32-13-5-26(6-14-32)36(44)34(40-46-24(2)42)20-22-48-30-17-9-28(38)10-18-30/h3-5,7-13,15-18H,6,14,19-22H2,1-2H3/p+1/b39-33+,40-34+. The number of benzene rings is 3. The van der Waals surface area contributed by atoms with Gasteiger partial charge in [-0.2, -0.15) is 0 Å². The van der Waals surface area contributed by atoms with Crippen LogP contribution in [0.3, 0.4) is 0 Å². The molecule has 0 atom stereocenters. The van der Waals surface area contributed by atoms with Crippen molar-refractivity contribution in [1.82, 2.24) is 0 Å². The third-order valence-electron chi connectivity index (χ3n) is 6.76. The van der Waals surface area contributed by atoms with Crippen molar-refractivity contribution in [2.24, 2.45) is 5.16 Å². The number of hydrogen-bond donors (Lipinski definition) is 1. The number of oxime groups is 1. The number of carbonyl (C=O) groups is 4. The second-order valence-electron chi connectivity index (χ2n) is 10.5. The van der Waals surface area contributed by atoms with Crippen molar-refractivity contribution in [2.45, 2.75) is 54.2 Å². The molecule has 0 aromatic heterocycles. The van der Waals surface area contributed by atoms with Gasteiger partial charge in [-0.25, -0.2) is 14.4 Å². The third-order valence-corrected chi connectivity index (χ3v) is 10.4. The first-order valence-electron chi connectivity index (χ1n) is 15.1. The molecule has 1 aliphatic rings. The van der Waals surface area contributed by atoms with Crippen LogP contribution in [0.1, 0.15) is 49.9 Å². The number of hydrogen-bond acceptors (Lipinski definition) is 10. The van der Waals surface area contributed by atoms with Crippen LogP contribution in [-0.2, 0) is 24.1 Å². The summed E-state index contributed by atoms with van der Waals surface area (Å²) in [7, 11) is 0. The number of carbonyl (C=O) groups excluding carboxylic acids is 4. The summed E-state index contributed by atoms with van der Waals surface area (Å²) >= 11 is 16.6. The van der Waals surface area contributed by atoms with Crippen molar-refractivity contribution in [3.63, 3.8) is 0 Å². The maximum Gasteiger partial charge on any atom is 0.376 e. The van der Waals surface area contributed by atoms with E-state index in [1.807, 2.05) is 42.5 Å². The zero-order valence-corrected chi connectivity index (χ0v) is 30.7. The van der Waals surface area contributed by atoms with Crippen LogP contribution in [0.2, 0.25) is 10.0 Å². The van der Waals surface area contributed by atoms with Crippen LogP contribution < -0.4 is 5.16 Å². The molecule has 0 unspecified atom stereocenters. The fourth-order valence-electron chi connectivity index (χ4n) is 4.34. The lowest BCUT2D eigenvalue weighted by Crippen LogP contribution is -2.74. The molecule has 1 aliphatic carbocycles. The second kappa shape index (κ2) is 19.5. The number of rotatable bonds is 16. The molecular weight excluding hydrogens is 724 g/mol. The maximum absolute atomic E-state index is 13.3. The van der Waals surface area contributed by atoms with E-state index < -0.39 is 11.9 Å². The maximum atomic E-state index is 13.3. The molecular formula is C36H33Cl2N2O6S3+. The van der Waals surface area contributed by atoms with E-state index in [0.717, 1.165) is 19.6 Å². The number of allylic oxidation sites excluding steroid dienone is 4. The molecule has 0 fully saturated rings. The van der Waals surface area contributed by atoms with Crippen LogP contribution in [0.4, 0.5) is 0 Å². The molecule has 3 aromatic carbocycles. The van der Waals surface area contributed by atoms with Gasteiger partial charge in [0.2, 0.25) is 5.78 Å². The Balaban J connectivity index is 1.36. The van der Waals surface area contributed by atoms with Gasteiger partial charge in [0.25, 0.3) is 11.5 Å². The van der Waals surface area contributed by atoms with Crippen LogP contribution in [0.25, 0.3) is 0 Å². The topological polar surface area (TPSA) is 113 Å². The van der Waals surface area contributed by atoms with E-state index in [-0.39, 0.29) is 23.0 Å². The largest absolute Gasteiger partial charge is 0.376 e. The number of halogens is 2. The smallest absolute Gasteiger partial charge is 0.318 e. The first-order valence-corrected chi connectivity index (χ1v) is 18.7. The molecule has 0 aliphatic heterocycles. The summed E-state index contributed by atoms with van der Waals surface area (Å²) in [6.07, 6.45) is 5.50. The SMILES string of the molecule is CC(=O)O/N=C(\CCSc1ccc(Cl)cc1)C(=O)C1=CC=C(Sc2ccc(C(=O)/C(CCSc3ccc(Cl)cc3)=[NH+]/OC(C)=O)cc2)CC1. The van der Waals surface area contributed by atoms with Crippen molar-refractivity contribution in [1.29, 1.82) is 0 Å². The van der Waals surface area contributed by atoms with Gasteiger partial charge < -0.3 is 4.84 Å². The van der Waals surface area contributed by atoms with Crippen molar-refractivity contribution >= 4 is 93.4 Å². The minimum Gasteiger partial charge on any atom is -0.318 e. The summed E-state index contributed by atoms with van der Waals surface area (Å²) in [5, 5.41) is 7.71. The summed E-state index contributed by atoms with van der Waals surface area (Å²) in [5.41, 5.74) is 1.50. The minimum absolute atomic E-state index is 0.190. The molecule has 254 valence electrons. The molecule has 8 nitrogen and oxygen atoms in total. The molecule has 49 heavy (non-hydrogen) atoms. The lowest BCUT2D eigenvalue weighted by molar-refractivity contribution is -0.723. The van der Waals surface area contributed by atoms with Gasteiger partial charge in [-0.15, -0.1) is 23.5 Å². The average Bonchev–Trinajstić information content (AvgIpc) is 3.09. The highest BCUT2D eigenvalue weighted by Crippen LogP contribution is 2.34. The zero-order chi connectivity index (χ0) is 35.2. The van der Waals surface area contributed by atoms with Gasteiger partial charge in [0.1, 0.15) is 5.71 Å².